The molecule has 0 bridgehead atoms. The average molecular weight is 376 g/mol. The van der Waals surface area contributed by atoms with Crippen molar-refractivity contribution in [1.82, 2.24) is 0 Å². The summed E-state index contributed by atoms with van der Waals surface area (Å²) in [6.07, 6.45) is 0.931. The van der Waals surface area contributed by atoms with E-state index in [2.05, 4.69) is 5.32 Å². The van der Waals surface area contributed by atoms with Crippen LogP contribution in [0.1, 0.15) is 35.7 Å². The summed E-state index contributed by atoms with van der Waals surface area (Å²) in [6.45, 7) is 4.44. The number of rotatable bonds is 8. The lowest BCUT2D eigenvalue weighted by molar-refractivity contribution is -0.116. The normalized spacial score (nSPS) is 10.3. The number of hydrogen-bond acceptors (Lipinski definition) is 4. The third-order valence-corrected chi connectivity index (χ3v) is 4.05. The molecule has 0 aliphatic rings. The Hall–Kier alpha value is -2.53. The van der Waals surface area contributed by atoms with E-state index in [1.54, 1.807) is 43.3 Å². The van der Waals surface area contributed by atoms with E-state index in [1.807, 2.05) is 13.0 Å². The van der Waals surface area contributed by atoms with Crippen LogP contribution in [0.2, 0.25) is 5.02 Å². The minimum absolute atomic E-state index is 0.107. The number of esters is 1. The first-order valence-corrected chi connectivity index (χ1v) is 8.83. The van der Waals surface area contributed by atoms with E-state index in [9.17, 15) is 9.59 Å². The van der Waals surface area contributed by atoms with Gasteiger partial charge in [-0.1, -0.05) is 11.6 Å². The highest BCUT2D eigenvalue weighted by Crippen LogP contribution is 2.21. The van der Waals surface area contributed by atoms with Crippen molar-refractivity contribution < 1.29 is 19.1 Å². The molecule has 0 atom stereocenters. The minimum Gasteiger partial charge on any atom is -0.494 e. The monoisotopic (exact) mass is 375 g/mol. The first-order valence-electron chi connectivity index (χ1n) is 8.45. The number of ether oxygens (including phenoxy) is 2. The fraction of sp³-hybridized carbons (Fsp3) is 0.300. The Labute approximate surface area is 158 Å². The van der Waals surface area contributed by atoms with Gasteiger partial charge < -0.3 is 14.8 Å². The molecule has 1 amide bonds. The largest absolute Gasteiger partial charge is 0.494 e. The highest BCUT2D eigenvalue weighted by Gasteiger charge is 2.07. The Morgan fingerprint density at radius 2 is 1.85 bits per heavy atom. The van der Waals surface area contributed by atoms with E-state index in [0.29, 0.717) is 42.3 Å². The molecule has 0 aliphatic heterocycles. The molecule has 2 rings (SSSR count). The molecule has 0 aliphatic carbocycles. The second kappa shape index (κ2) is 9.82. The molecule has 0 radical (unpaired) electrons. The zero-order valence-electron chi connectivity index (χ0n) is 14.9. The quantitative estimate of drug-likeness (QED) is 0.540. The van der Waals surface area contributed by atoms with Crippen LogP contribution in [0.3, 0.4) is 0 Å². The van der Waals surface area contributed by atoms with Gasteiger partial charge in [0.05, 0.1) is 18.8 Å². The number of nitrogens with one attached hydrogen (secondary N) is 1. The highest BCUT2D eigenvalue weighted by molar-refractivity contribution is 6.31. The van der Waals surface area contributed by atoms with Crippen molar-refractivity contribution in [3.63, 3.8) is 0 Å². The van der Waals surface area contributed by atoms with Gasteiger partial charge >= 0.3 is 5.97 Å². The Balaban J connectivity index is 1.73. The van der Waals surface area contributed by atoms with Gasteiger partial charge in [0.15, 0.2) is 0 Å². The van der Waals surface area contributed by atoms with Gasteiger partial charge in [-0.05, 0) is 68.3 Å². The summed E-state index contributed by atoms with van der Waals surface area (Å²) in [4.78, 5) is 23.5. The smallest absolute Gasteiger partial charge is 0.338 e. The lowest BCUT2D eigenvalue weighted by Gasteiger charge is -2.09. The molecular formula is C20H22ClNO4. The molecule has 26 heavy (non-hydrogen) atoms. The maximum absolute atomic E-state index is 12.0. The van der Waals surface area contributed by atoms with Crippen LogP contribution in [0, 0.1) is 6.92 Å². The molecule has 6 heteroatoms. The number of anilines is 1. The SMILES string of the molecule is CCOC(=O)c1ccc(NC(=O)CCCOc2ccc(Cl)c(C)c2)cc1. The number of halogens is 1. The van der Waals surface area contributed by atoms with Gasteiger partial charge in [-0.3, -0.25) is 4.79 Å². The van der Waals surface area contributed by atoms with Crippen LogP contribution in [-0.4, -0.2) is 25.1 Å². The van der Waals surface area contributed by atoms with Gasteiger partial charge in [0.25, 0.3) is 0 Å². The van der Waals surface area contributed by atoms with E-state index in [1.165, 1.54) is 0 Å². The third-order valence-electron chi connectivity index (χ3n) is 3.63. The van der Waals surface area contributed by atoms with Gasteiger partial charge in [0.2, 0.25) is 5.91 Å². The van der Waals surface area contributed by atoms with Gasteiger partial charge in [-0.15, -0.1) is 0 Å². The van der Waals surface area contributed by atoms with Crippen LogP contribution < -0.4 is 10.1 Å². The summed E-state index contributed by atoms with van der Waals surface area (Å²) in [7, 11) is 0. The summed E-state index contributed by atoms with van der Waals surface area (Å²) in [5.74, 6) is 0.256. The number of amides is 1. The number of aryl methyl sites for hydroxylation is 1. The van der Waals surface area contributed by atoms with E-state index in [4.69, 9.17) is 21.1 Å². The zero-order chi connectivity index (χ0) is 18.9. The van der Waals surface area contributed by atoms with E-state index in [0.717, 1.165) is 11.3 Å². The summed E-state index contributed by atoms with van der Waals surface area (Å²) < 4.78 is 10.5. The maximum Gasteiger partial charge on any atom is 0.338 e. The molecule has 0 aromatic heterocycles. The summed E-state index contributed by atoms with van der Waals surface area (Å²) in [6, 6.07) is 12.1. The van der Waals surface area contributed by atoms with Crippen LogP contribution >= 0.6 is 11.6 Å². The van der Waals surface area contributed by atoms with Gasteiger partial charge in [-0.2, -0.15) is 0 Å². The van der Waals surface area contributed by atoms with Crippen LogP contribution in [0.15, 0.2) is 42.5 Å². The standard InChI is InChI=1S/C20H22ClNO4/c1-3-25-20(24)15-6-8-16(9-7-15)22-19(23)5-4-12-26-17-10-11-18(21)14(2)13-17/h6-11,13H,3-5,12H2,1-2H3,(H,22,23). The molecule has 5 nitrogen and oxygen atoms in total. The van der Waals surface area contributed by atoms with Gasteiger partial charge in [-0.25, -0.2) is 4.79 Å². The topological polar surface area (TPSA) is 64.6 Å². The van der Waals surface area contributed by atoms with Crippen LogP contribution in [0.4, 0.5) is 5.69 Å². The molecule has 1 N–H and O–H groups in total. The van der Waals surface area contributed by atoms with Crippen LogP contribution in [-0.2, 0) is 9.53 Å². The van der Waals surface area contributed by atoms with Crippen molar-refractivity contribution in [2.75, 3.05) is 18.5 Å². The van der Waals surface area contributed by atoms with Crippen molar-refractivity contribution in [2.45, 2.75) is 26.7 Å². The summed E-state index contributed by atoms with van der Waals surface area (Å²) in [5, 5.41) is 3.49. The van der Waals surface area contributed by atoms with Crippen molar-refractivity contribution in [1.29, 1.82) is 0 Å². The Bertz CT molecular complexity index is 759. The first kappa shape index (κ1) is 19.8. The van der Waals surface area contributed by atoms with Gasteiger partial charge in [0.1, 0.15) is 5.75 Å². The molecule has 2 aromatic rings. The average Bonchev–Trinajstić information content (AvgIpc) is 2.62. The van der Waals surface area contributed by atoms with Crippen molar-refractivity contribution in [3.8, 4) is 5.75 Å². The maximum atomic E-state index is 12.0. The second-order valence-corrected chi connectivity index (χ2v) is 6.12. The van der Waals surface area contributed by atoms with Crippen molar-refractivity contribution >= 4 is 29.2 Å². The summed E-state index contributed by atoms with van der Waals surface area (Å²) >= 11 is 5.97. The molecule has 0 heterocycles. The lowest BCUT2D eigenvalue weighted by atomic mass is 10.2. The number of benzene rings is 2. The highest BCUT2D eigenvalue weighted by atomic mass is 35.5. The Morgan fingerprint density at radius 1 is 1.12 bits per heavy atom. The predicted molar refractivity (Wildman–Crippen MR) is 102 cm³/mol. The van der Waals surface area contributed by atoms with Crippen molar-refractivity contribution in [3.05, 3.63) is 58.6 Å². The van der Waals surface area contributed by atoms with E-state index in [-0.39, 0.29) is 11.9 Å². The minimum atomic E-state index is -0.375. The van der Waals surface area contributed by atoms with Crippen LogP contribution in [0.25, 0.3) is 0 Å². The van der Waals surface area contributed by atoms with E-state index >= 15 is 0 Å². The molecular weight excluding hydrogens is 354 g/mol. The predicted octanol–water partition coefficient (Wildman–Crippen LogP) is 4.62. The first-order chi connectivity index (χ1) is 12.5. The number of carbonyl (C=O) groups excluding carboxylic acids is 2. The lowest BCUT2D eigenvalue weighted by Crippen LogP contribution is -2.13. The molecule has 0 saturated carbocycles. The Kier molecular flexibility index (Phi) is 7.48. The number of carbonyl (C=O) groups is 2. The van der Waals surface area contributed by atoms with E-state index < -0.39 is 0 Å². The molecule has 0 saturated heterocycles. The second-order valence-electron chi connectivity index (χ2n) is 5.71. The molecule has 2 aromatic carbocycles. The zero-order valence-corrected chi connectivity index (χ0v) is 15.6. The molecule has 0 fully saturated rings. The Morgan fingerprint density at radius 3 is 2.50 bits per heavy atom. The fourth-order valence-electron chi connectivity index (χ4n) is 2.26. The van der Waals surface area contributed by atoms with Crippen LogP contribution in [0.5, 0.6) is 5.75 Å². The molecule has 0 spiro atoms. The van der Waals surface area contributed by atoms with Gasteiger partial charge in [0, 0.05) is 17.1 Å². The molecule has 138 valence electrons. The number of hydrogen-bond donors (Lipinski definition) is 1. The third kappa shape index (κ3) is 6.08. The summed E-state index contributed by atoms with van der Waals surface area (Å²) in [5.41, 5.74) is 2.04. The fourth-order valence-corrected chi connectivity index (χ4v) is 2.37. The molecule has 0 unspecified atom stereocenters. The van der Waals surface area contributed by atoms with Crippen molar-refractivity contribution in [2.24, 2.45) is 0 Å².